The van der Waals surface area contributed by atoms with Gasteiger partial charge in [0, 0.05) is 51.0 Å². The maximum Gasteiger partial charge on any atom is 0.255 e. The average Bonchev–Trinajstić information content (AvgIpc) is 2.69. The van der Waals surface area contributed by atoms with Gasteiger partial charge in [0.1, 0.15) is 6.61 Å². The molecule has 1 aliphatic heterocycles. The number of benzene rings is 1. The molecule has 28 heavy (non-hydrogen) atoms. The van der Waals surface area contributed by atoms with Gasteiger partial charge >= 0.3 is 0 Å². The quantitative estimate of drug-likeness (QED) is 0.791. The Balaban J connectivity index is 1.50. The predicted octanol–water partition coefficient (Wildman–Crippen LogP) is 2.42. The molecule has 0 spiro atoms. The van der Waals surface area contributed by atoms with Crippen molar-refractivity contribution < 1.29 is 14.3 Å². The first-order chi connectivity index (χ1) is 13.5. The Morgan fingerprint density at radius 3 is 2.68 bits per heavy atom. The monoisotopic (exact) mass is 384 g/mol. The van der Waals surface area contributed by atoms with E-state index < -0.39 is 0 Å². The van der Waals surface area contributed by atoms with Crippen LogP contribution in [0.15, 0.2) is 36.5 Å². The van der Waals surface area contributed by atoms with Crippen molar-refractivity contribution in [2.24, 2.45) is 0 Å². The number of ether oxygens (including phenoxy) is 2. The number of pyridine rings is 1. The van der Waals surface area contributed by atoms with E-state index in [4.69, 9.17) is 9.47 Å². The lowest BCUT2D eigenvalue weighted by atomic mass is 10.1. The SMILES string of the molecule is Cc1cc(C(=O)Nc2ccc(OCCN3CCOCC3)nc2)ccc1N(C)C. The molecule has 0 unspecified atom stereocenters. The number of anilines is 2. The number of rotatable bonds is 7. The number of carbonyl (C=O) groups is 1. The Hall–Kier alpha value is -2.64. The molecule has 2 heterocycles. The highest BCUT2D eigenvalue weighted by Crippen LogP contribution is 2.20. The van der Waals surface area contributed by atoms with Crippen LogP contribution in [-0.4, -0.2) is 69.3 Å². The van der Waals surface area contributed by atoms with Crippen LogP contribution in [0.3, 0.4) is 0 Å². The predicted molar refractivity (Wildman–Crippen MR) is 110 cm³/mol. The van der Waals surface area contributed by atoms with E-state index in [0.717, 1.165) is 44.1 Å². The third kappa shape index (κ3) is 5.43. The Bertz CT molecular complexity index is 787. The number of carbonyl (C=O) groups excluding carboxylic acids is 1. The van der Waals surface area contributed by atoms with E-state index in [1.54, 1.807) is 18.3 Å². The van der Waals surface area contributed by atoms with Crippen molar-refractivity contribution in [2.75, 3.05) is 63.8 Å². The van der Waals surface area contributed by atoms with Crippen molar-refractivity contribution in [3.8, 4) is 5.88 Å². The zero-order valence-corrected chi connectivity index (χ0v) is 16.8. The molecule has 0 radical (unpaired) electrons. The summed E-state index contributed by atoms with van der Waals surface area (Å²) in [6, 6.07) is 9.24. The summed E-state index contributed by atoms with van der Waals surface area (Å²) < 4.78 is 11.0. The molecule has 7 nitrogen and oxygen atoms in total. The first-order valence-corrected chi connectivity index (χ1v) is 9.51. The minimum Gasteiger partial charge on any atom is -0.476 e. The second kappa shape index (κ2) is 9.52. The van der Waals surface area contributed by atoms with Crippen LogP contribution in [0.1, 0.15) is 15.9 Å². The van der Waals surface area contributed by atoms with Crippen molar-refractivity contribution in [3.63, 3.8) is 0 Å². The first kappa shape index (κ1) is 20.1. The van der Waals surface area contributed by atoms with Crippen molar-refractivity contribution in [1.29, 1.82) is 0 Å². The van der Waals surface area contributed by atoms with E-state index in [0.29, 0.717) is 23.7 Å². The highest BCUT2D eigenvalue weighted by Gasteiger charge is 2.11. The fourth-order valence-corrected chi connectivity index (χ4v) is 3.15. The molecule has 1 saturated heterocycles. The molecule has 3 rings (SSSR count). The molecule has 1 fully saturated rings. The lowest BCUT2D eigenvalue weighted by Gasteiger charge is -2.26. The van der Waals surface area contributed by atoms with E-state index in [-0.39, 0.29) is 5.91 Å². The zero-order valence-electron chi connectivity index (χ0n) is 16.8. The number of morpholine rings is 1. The molecule has 150 valence electrons. The van der Waals surface area contributed by atoms with E-state index in [2.05, 4.69) is 15.2 Å². The van der Waals surface area contributed by atoms with Crippen LogP contribution < -0.4 is 15.0 Å². The van der Waals surface area contributed by atoms with Crippen LogP contribution in [-0.2, 0) is 4.74 Å². The van der Waals surface area contributed by atoms with Crippen molar-refractivity contribution in [1.82, 2.24) is 9.88 Å². The molecule has 1 aromatic carbocycles. The molecule has 7 heteroatoms. The van der Waals surface area contributed by atoms with Gasteiger partial charge in [0.05, 0.1) is 25.1 Å². The summed E-state index contributed by atoms with van der Waals surface area (Å²) in [6.45, 7) is 6.88. The second-order valence-electron chi connectivity index (χ2n) is 7.04. The number of aromatic nitrogens is 1. The smallest absolute Gasteiger partial charge is 0.255 e. The van der Waals surface area contributed by atoms with E-state index in [1.165, 1.54) is 0 Å². The molecule has 1 amide bonds. The van der Waals surface area contributed by atoms with E-state index in [1.807, 2.05) is 44.1 Å². The largest absolute Gasteiger partial charge is 0.476 e. The molecule has 2 aromatic rings. The standard InChI is InChI=1S/C21H28N4O3/c1-16-14-17(4-6-19(16)24(2)3)21(26)23-18-5-7-20(22-15-18)28-13-10-25-8-11-27-12-9-25/h4-7,14-15H,8-13H2,1-3H3,(H,23,26). The highest BCUT2D eigenvalue weighted by atomic mass is 16.5. The van der Waals surface area contributed by atoms with Gasteiger partial charge in [-0.3, -0.25) is 9.69 Å². The Kier molecular flexibility index (Phi) is 6.84. The van der Waals surface area contributed by atoms with Crippen LogP contribution in [0.25, 0.3) is 0 Å². The van der Waals surface area contributed by atoms with Gasteiger partial charge < -0.3 is 19.7 Å². The Morgan fingerprint density at radius 1 is 1.25 bits per heavy atom. The van der Waals surface area contributed by atoms with Gasteiger partial charge in [0.2, 0.25) is 5.88 Å². The van der Waals surface area contributed by atoms with Crippen LogP contribution in [0.4, 0.5) is 11.4 Å². The number of amides is 1. The van der Waals surface area contributed by atoms with Crippen molar-refractivity contribution in [2.45, 2.75) is 6.92 Å². The fraction of sp³-hybridized carbons (Fsp3) is 0.429. The summed E-state index contributed by atoms with van der Waals surface area (Å²) in [5.41, 5.74) is 3.41. The molecule has 1 aliphatic rings. The minimum absolute atomic E-state index is 0.156. The number of nitrogens with zero attached hydrogens (tertiary/aromatic N) is 3. The van der Waals surface area contributed by atoms with Crippen molar-refractivity contribution in [3.05, 3.63) is 47.7 Å². The maximum absolute atomic E-state index is 12.5. The van der Waals surface area contributed by atoms with Crippen LogP contribution >= 0.6 is 0 Å². The van der Waals surface area contributed by atoms with Gasteiger partial charge in [-0.05, 0) is 36.8 Å². The minimum atomic E-state index is -0.156. The Labute approximate surface area is 166 Å². The molecular weight excluding hydrogens is 356 g/mol. The number of aryl methyl sites for hydroxylation is 1. The van der Waals surface area contributed by atoms with Crippen LogP contribution in [0, 0.1) is 6.92 Å². The van der Waals surface area contributed by atoms with E-state index >= 15 is 0 Å². The summed E-state index contributed by atoms with van der Waals surface area (Å²) in [4.78, 5) is 21.1. The summed E-state index contributed by atoms with van der Waals surface area (Å²) >= 11 is 0. The van der Waals surface area contributed by atoms with Crippen LogP contribution in [0.5, 0.6) is 5.88 Å². The van der Waals surface area contributed by atoms with Gasteiger partial charge in [-0.1, -0.05) is 0 Å². The summed E-state index contributed by atoms with van der Waals surface area (Å²) in [6.07, 6.45) is 1.61. The number of hydrogen-bond donors (Lipinski definition) is 1. The Morgan fingerprint density at radius 2 is 2.04 bits per heavy atom. The molecule has 0 bridgehead atoms. The van der Waals surface area contributed by atoms with E-state index in [9.17, 15) is 4.79 Å². The normalized spacial score (nSPS) is 14.5. The molecular formula is C21H28N4O3. The van der Waals surface area contributed by atoms with Gasteiger partial charge in [-0.15, -0.1) is 0 Å². The van der Waals surface area contributed by atoms with Crippen LogP contribution in [0.2, 0.25) is 0 Å². The fourth-order valence-electron chi connectivity index (χ4n) is 3.15. The molecule has 0 atom stereocenters. The highest BCUT2D eigenvalue weighted by molar-refractivity contribution is 6.04. The maximum atomic E-state index is 12.5. The lowest BCUT2D eigenvalue weighted by molar-refractivity contribution is 0.0320. The van der Waals surface area contributed by atoms with Gasteiger partial charge in [-0.2, -0.15) is 0 Å². The lowest BCUT2D eigenvalue weighted by Crippen LogP contribution is -2.38. The third-order valence-electron chi connectivity index (χ3n) is 4.70. The van der Waals surface area contributed by atoms with Gasteiger partial charge in [-0.25, -0.2) is 4.98 Å². The molecule has 0 aliphatic carbocycles. The molecule has 1 N–H and O–H groups in total. The summed E-state index contributed by atoms with van der Waals surface area (Å²) in [5.74, 6) is 0.397. The van der Waals surface area contributed by atoms with Gasteiger partial charge in [0.25, 0.3) is 5.91 Å². The van der Waals surface area contributed by atoms with Crippen molar-refractivity contribution >= 4 is 17.3 Å². The number of nitrogens with one attached hydrogen (secondary N) is 1. The second-order valence-corrected chi connectivity index (χ2v) is 7.04. The summed E-state index contributed by atoms with van der Waals surface area (Å²) in [7, 11) is 3.97. The number of hydrogen-bond acceptors (Lipinski definition) is 6. The summed E-state index contributed by atoms with van der Waals surface area (Å²) in [5, 5.41) is 2.88. The topological polar surface area (TPSA) is 66.9 Å². The average molecular weight is 384 g/mol. The molecule has 1 aromatic heterocycles. The third-order valence-corrected chi connectivity index (χ3v) is 4.70. The zero-order chi connectivity index (χ0) is 19.9. The van der Waals surface area contributed by atoms with Gasteiger partial charge in [0.15, 0.2) is 0 Å². The first-order valence-electron chi connectivity index (χ1n) is 9.51. The molecule has 0 saturated carbocycles.